The van der Waals surface area contributed by atoms with Crippen LogP contribution in [0.3, 0.4) is 0 Å². The normalized spacial score (nSPS) is 7.57. The highest BCUT2D eigenvalue weighted by Crippen LogP contribution is 1.87. The van der Waals surface area contributed by atoms with Gasteiger partial charge in [0.2, 0.25) is 0 Å². The molecule has 40 valence electrons. The molecule has 0 amide bonds. The summed E-state index contributed by atoms with van der Waals surface area (Å²) in [5.74, 6) is 0. The van der Waals surface area contributed by atoms with Crippen LogP contribution in [-0.4, -0.2) is 11.0 Å². The van der Waals surface area contributed by atoms with Crippen LogP contribution in [0.15, 0.2) is 5.11 Å². The van der Waals surface area contributed by atoms with Gasteiger partial charge in [0.15, 0.2) is 0 Å². The zero-order chi connectivity index (χ0) is 5.54. The van der Waals surface area contributed by atoms with Crippen LogP contribution in [-0.2, 0) is 0 Å². The number of azide groups is 1. The molecule has 0 aromatic heterocycles. The van der Waals surface area contributed by atoms with Crippen molar-refractivity contribution in [2.24, 2.45) is 5.11 Å². The zero-order valence-electron chi connectivity index (χ0n) is 3.84. The van der Waals surface area contributed by atoms with Crippen LogP contribution in [0, 0.1) is 0 Å². The zero-order valence-corrected chi connectivity index (χ0v) is 6.00. The van der Waals surface area contributed by atoms with Crippen LogP contribution >= 0.6 is 22.6 Å². The average molecular weight is 211 g/mol. The van der Waals surface area contributed by atoms with Crippen molar-refractivity contribution in [3.8, 4) is 0 Å². The maximum absolute atomic E-state index is 7.75. The average Bonchev–Trinajstić information content (AvgIpc) is 1.69. The molecule has 0 heterocycles. The molecule has 0 radical (unpaired) electrons. The molecular weight excluding hydrogens is 205 g/mol. The van der Waals surface area contributed by atoms with Crippen molar-refractivity contribution < 1.29 is 0 Å². The van der Waals surface area contributed by atoms with Crippen molar-refractivity contribution in [3.05, 3.63) is 10.4 Å². The first-order chi connectivity index (χ1) is 3.41. The third kappa shape index (κ3) is 6.04. The van der Waals surface area contributed by atoms with Crippen molar-refractivity contribution in [2.75, 3.05) is 11.0 Å². The number of alkyl halides is 1. The second-order valence-electron chi connectivity index (χ2n) is 0.997. The van der Waals surface area contributed by atoms with Crippen LogP contribution in [0.4, 0.5) is 0 Å². The van der Waals surface area contributed by atoms with Crippen molar-refractivity contribution in [2.45, 2.75) is 6.42 Å². The van der Waals surface area contributed by atoms with E-state index in [4.69, 9.17) is 5.53 Å². The molecule has 0 rings (SSSR count). The standard InChI is InChI=1S/C3H6IN3/c4-2-1-3-6-7-5/h1-3H2. The quantitative estimate of drug-likeness (QED) is 0.171. The second kappa shape index (κ2) is 6.04. The molecule has 4 heteroatoms. The summed E-state index contributed by atoms with van der Waals surface area (Å²) in [4.78, 5) is 2.59. The van der Waals surface area contributed by atoms with Crippen molar-refractivity contribution in [1.29, 1.82) is 0 Å². The van der Waals surface area contributed by atoms with Gasteiger partial charge in [-0.05, 0) is 16.4 Å². The van der Waals surface area contributed by atoms with E-state index >= 15 is 0 Å². The molecule has 0 aliphatic heterocycles. The molecule has 0 saturated heterocycles. The van der Waals surface area contributed by atoms with Crippen LogP contribution in [0.25, 0.3) is 10.4 Å². The Morgan fingerprint density at radius 3 is 2.86 bits per heavy atom. The van der Waals surface area contributed by atoms with Gasteiger partial charge in [-0.2, -0.15) is 0 Å². The van der Waals surface area contributed by atoms with Gasteiger partial charge in [0.05, 0.1) is 0 Å². The monoisotopic (exact) mass is 211 g/mol. The maximum atomic E-state index is 7.75. The maximum Gasteiger partial charge on any atom is 0.0265 e. The molecular formula is C3H6IN3. The van der Waals surface area contributed by atoms with E-state index in [0.717, 1.165) is 10.8 Å². The van der Waals surface area contributed by atoms with E-state index in [1.807, 2.05) is 0 Å². The molecule has 0 bridgehead atoms. The summed E-state index contributed by atoms with van der Waals surface area (Å²) >= 11 is 2.24. The van der Waals surface area contributed by atoms with Gasteiger partial charge in [-0.15, -0.1) is 0 Å². The minimum Gasteiger partial charge on any atom is -0.0940 e. The summed E-state index contributed by atoms with van der Waals surface area (Å²) in [5, 5.41) is 3.34. The molecule has 0 aromatic rings. The summed E-state index contributed by atoms with van der Waals surface area (Å²) in [6, 6.07) is 0. The fourth-order valence-corrected chi connectivity index (χ4v) is 0.516. The lowest BCUT2D eigenvalue weighted by Gasteiger charge is -1.79. The molecule has 3 nitrogen and oxygen atoms in total. The Balaban J connectivity index is 2.83. The first kappa shape index (κ1) is 7.04. The summed E-state index contributed by atoms with van der Waals surface area (Å²) in [6.45, 7) is 0.638. The summed E-state index contributed by atoms with van der Waals surface area (Å²) < 4.78 is 1.07. The number of halogens is 1. The van der Waals surface area contributed by atoms with Gasteiger partial charge in [-0.3, -0.25) is 0 Å². The molecule has 0 spiro atoms. The predicted molar refractivity (Wildman–Crippen MR) is 37.5 cm³/mol. The van der Waals surface area contributed by atoms with Gasteiger partial charge in [0.1, 0.15) is 0 Å². The summed E-state index contributed by atoms with van der Waals surface area (Å²) in [7, 11) is 0. The number of hydrogen-bond donors (Lipinski definition) is 0. The summed E-state index contributed by atoms with van der Waals surface area (Å²) in [5.41, 5.74) is 7.75. The Hall–Kier alpha value is 0.0400. The molecule has 0 aliphatic carbocycles. The Kier molecular flexibility index (Phi) is 6.07. The third-order valence-electron chi connectivity index (χ3n) is 0.455. The lowest BCUT2D eigenvalue weighted by atomic mass is 10.5. The molecule has 7 heavy (non-hydrogen) atoms. The van der Waals surface area contributed by atoms with Crippen LogP contribution in [0.2, 0.25) is 0 Å². The predicted octanol–water partition coefficient (Wildman–Crippen LogP) is 2.12. The van der Waals surface area contributed by atoms with Gasteiger partial charge >= 0.3 is 0 Å². The van der Waals surface area contributed by atoms with Gasteiger partial charge < -0.3 is 0 Å². The van der Waals surface area contributed by atoms with E-state index in [0.29, 0.717) is 6.54 Å². The fraction of sp³-hybridized carbons (Fsp3) is 1.00. The van der Waals surface area contributed by atoms with E-state index in [1.165, 1.54) is 0 Å². The van der Waals surface area contributed by atoms with E-state index in [1.54, 1.807) is 0 Å². The highest BCUT2D eigenvalue weighted by Gasteiger charge is 1.75. The SMILES string of the molecule is [N-]=[N+]=NCCCI. The third-order valence-corrected chi connectivity index (χ3v) is 1.22. The smallest absolute Gasteiger partial charge is 0.0265 e. The molecule has 0 aromatic carbocycles. The minimum atomic E-state index is 0.638. The number of nitrogens with zero attached hydrogens (tertiary/aromatic N) is 3. The molecule has 0 unspecified atom stereocenters. The van der Waals surface area contributed by atoms with E-state index < -0.39 is 0 Å². The van der Waals surface area contributed by atoms with E-state index in [9.17, 15) is 0 Å². The Morgan fingerprint density at radius 2 is 2.43 bits per heavy atom. The molecule has 0 atom stereocenters. The Bertz CT molecular complexity index is 76.2. The molecule has 0 fully saturated rings. The van der Waals surface area contributed by atoms with Gasteiger partial charge in [0, 0.05) is 11.5 Å². The number of rotatable bonds is 3. The van der Waals surface area contributed by atoms with E-state index in [2.05, 4.69) is 32.6 Å². The van der Waals surface area contributed by atoms with Crippen molar-refractivity contribution >= 4 is 22.6 Å². The fourth-order valence-electron chi connectivity index (χ4n) is 0.175. The molecule has 0 saturated carbocycles. The number of hydrogen-bond acceptors (Lipinski definition) is 1. The van der Waals surface area contributed by atoms with Crippen LogP contribution in [0.1, 0.15) is 6.42 Å². The van der Waals surface area contributed by atoms with E-state index in [-0.39, 0.29) is 0 Å². The lowest BCUT2D eigenvalue weighted by molar-refractivity contribution is 0.943. The Labute approximate surface area is 55.9 Å². The highest BCUT2D eigenvalue weighted by molar-refractivity contribution is 14.1. The topological polar surface area (TPSA) is 48.8 Å². The van der Waals surface area contributed by atoms with Crippen molar-refractivity contribution in [1.82, 2.24) is 0 Å². The second-order valence-corrected chi connectivity index (χ2v) is 2.08. The molecule has 0 aliphatic rings. The van der Waals surface area contributed by atoms with Crippen LogP contribution in [0.5, 0.6) is 0 Å². The highest BCUT2D eigenvalue weighted by atomic mass is 127. The largest absolute Gasteiger partial charge is 0.0940 e. The van der Waals surface area contributed by atoms with Gasteiger partial charge in [-0.25, -0.2) is 0 Å². The summed E-state index contributed by atoms with van der Waals surface area (Å²) in [6.07, 6.45) is 0.991. The van der Waals surface area contributed by atoms with Crippen LogP contribution < -0.4 is 0 Å². The minimum absolute atomic E-state index is 0.638. The Morgan fingerprint density at radius 1 is 1.71 bits per heavy atom. The van der Waals surface area contributed by atoms with Crippen molar-refractivity contribution in [3.63, 3.8) is 0 Å². The first-order valence-corrected chi connectivity index (χ1v) is 3.51. The van der Waals surface area contributed by atoms with Gasteiger partial charge in [-0.1, -0.05) is 27.7 Å². The molecule has 0 N–H and O–H groups in total. The van der Waals surface area contributed by atoms with Gasteiger partial charge in [0.25, 0.3) is 0 Å². The lowest BCUT2D eigenvalue weighted by Crippen LogP contribution is -1.76. The first-order valence-electron chi connectivity index (χ1n) is 1.98.